The lowest BCUT2D eigenvalue weighted by molar-refractivity contribution is -0.150. The van der Waals surface area contributed by atoms with E-state index in [-0.39, 0.29) is 5.56 Å². The molecule has 1 aromatic rings. The average molecular weight is 226 g/mol. The Morgan fingerprint density at radius 1 is 1.38 bits per heavy atom. The van der Waals surface area contributed by atoms with Crippen LogP contribution in [-0.4, -0.2) is 24.3 Å². The fraction of sp³-hybridized carbons (Fsp3) is 0.364. The minimum Gasteiger partial charge on any atom is -0.486 e. The monoisotopic (exact) mass is 226 g/mol. The van der Waals surface area contributed by atoms with Gasteiger partial charge < -0.3 is 14.6 Å². The molecule has 1 aliphatic rings. The molecule has 1 aromatic carbocycles. The van der Waals surface area contributed by atoms with Gasteiger partial charge in [0, 0.05) is 5.56 Å². The van der Waals surface area contributed by atoms with Gasteiger partial charge in [-0.15, -0.1) is 0 Å². The predicted octanol–water partition coefficient (Wildman–Crippen LogP) is 1.73. The van der Waals surface area contributed by atoms with E-state index in [1.165, 1.54) is 18.2 Å². The van der Waals surface area contributed by atoms with Gasteiger partial charge in [0.15, 0.2) is 11.5 Å². The standard InChI is InChI=1S/C11H11FO4/c1-11(12,10(13)14)7-2-3-8-9(6-7)16-5-4-15-8/h2-3,6H,4-5H2,1H3,(H,13,14). The van der Waals surface area contributed by atoms with Crippen LogP contribution >= 0.6 is 0 Å². The summed E-state index contributed by atoms with van der Waals surface area (Å²) in [6.07, 6.45) is 0. The molecule has 1 unspecified atom stereocenters. The minimum absolute atomic E-state index is 0.0456. The van der Waals surface area contributed by atoms with Crippen LogP contribution in [0.4, 0.5) is 4.39 Å². The molecule has 0 radical (unpaired) electrons. The number of carboxylic acids is 1. The summed E-state index contributed by atoms with van der Waals surface area (Å²) in [5.74, 6) is -0.630. The zero-order valence-corrected chi connectivity index (χ0v) is 8.70. The summed E-state index contributed by atoms with van der Waals surface area (Å²) >= 11 is 0. The summed E-state index contributed by atoms with van der Waals surface area (Å²) in [6.45, 7) is 1.82. The van der Waals surface area contributed by atoms with Gasteiger partial charge in [-0.25, -0.2) is 9.18 Å². The quantitative estimate of drug-likeness (QED) is 0.834. The minimum atomic E-state index is -2.42. The topological polar surface area (TPSA) is 55.8 Å². The van der Waals surface area contributed by atoms with E-state index in [2.05, 4.69) is 0 Å². The number of halogens is 1. The first-order chi connectivity index (χ1) is 7.51. The van der Waals surface area contributed by atoms with Crippen molar-refractivity contribution in [3.63, 3.8) is 0 Å². The smallest absolute Gasteiger partial charge is 0.345 e. The molecule has 1 heterocycles. The van der Waals surface area contributed by atoms with Crippen molar-refractivity contribution >= 4 is 5.97 Å². The van der Waals surface area contributed by atoms with Gasteiger partial charge >= 0.3 is 5.97 Å². The van der Waals surface area contributed by atoms with Crippen LogP contribution in [0.15, 0.2) is 18.2 Å². The maximum atomic E-state index is 13.8. The number of benzene rings is 1. The van der Waals surface area contributed by atoms with E-state index in [9.17, 15) is 9.18 Å². The molecule has 86 valence electrons. The second-order valence-corrected chi connectivity index (χ2v) is 3.67. The summed E-state index contributed by atoms with van der Waals surface area (Å²) in [5.41, 5.74) is -2.38. The summed E-state index contributed by atoms with van der Waals surface area (Å²) in [4.78, 5) is 10.7. The van der Waals surface area contributed by atoms with Crippen LogP contribution in [0.3, 0.4) is 0 Å². The number of rotatable bonds is 2. The second-order valence-electron chi connectivity index (χ2n) is 3.67. The highest BCUT2D eigenvalue weighted by Crippen LogP contribution is 2.35. The van der Waals surface area contributed by atoms with E-state index in [0.717, 1.165) is 6.92 Å². The van der Waals surface area contributed by atoms with Gasteiger partial charge in [0.25, 0.3) is 0 Å². The van der Waals surface area contributed by atoms with Crippen LogP contribution in [0.25, 0.3) is 0 Å². The van der Waals surface area contributed by atoms with Gasteiger partial charge in [-0.05, 0) is 19.1 Å². The molecule has 5 heteroatoms. The Morgan fingerprint density at radius 2 is 2.00 bits per heavy atom. The lowest BCUT2D eigenvalue weighted by Crippen LogP contribution is -2.27. The van der Waals surface area contributed by atoms with Gasteiger partial charge in [-0.1, -0.05) is 6.07 Å². The normalized spacial score (nSPS) is 17.6. The van der Waals surface area contributed by atoms with Crippen molar-refractivity contribution < 1.29 is 23.8 Å². The summed E-state index contributed by atoms with van der Waals surface area (Å²) in [6, 6.07) is 4.27. The van der Waals surface area contributed by atoms with E-state index in [4.69, 9.17) is 14.6 Å². The van der Waals surface area contributed by atoms with Crippen molar-refractivity contribution in [2.24, 2.45) is 0 Å². The Kier molecular flexibility index (Phi) is 2.46. The number of carbonyl (C=O) groups is 1. The third kappa shape index (κ3) is 1.68. The summed E-state index contributed by atoms with van der Waals surface area (Å²) in [5, 5.41) is 8.75. The van der Waals surface area contributed by atoms with Crippen LogP contribution in [-0.2, 0) is 10.5 Å². The predicted molar refractivity (Wildman–Crippen MR) is 53.5 cm³/mol. The van der Waals surface area contributed by atoms with Crippen molar-refractivity contribution in [3.05, 3.63) is 23.8 Å². The van der Waals surface area contributed by atoms with Gasteiger partial charge in [0.05, 0.1) is 0 Å². The number of aliphatic carboxylic acids is 1. The molecule has 16 heavy (non-hydrogen) atoms. The SMILES string of the molecule is CC(F)(C(=O)O)c1ccc2c(c1)OCCO2. The number of ether oxygens (including phenoxy) is 2. The lowest BCUT2D eigenvalue weighted by Gasteiger charge is -2.21. The van der Waals surface area contributed by atoms with Crippen molar-refractivity contribution in [2.45, 2.75) is 12.6 Å². The molecule has 0 aliphatic carbocycles. The van der Waals surface area contributed by atoms with Crippen molar-refractivity contribution in [1.82, 2.24) is 0 Å². The fourth-order valence-corrected chi connectivity index (χ4v) is 1.46. The van der Waals surface area contributed by atoms with Crippen LogP contribution in [0, 0.1) is 0 Å². The maximum Gasteiger partial charge on any atom is 0.345 e. The van der Waals surface area contributed by atoms with Crippen LogP contribution in [0.2, 0.25) is 0 Å². The van der Waals surface area contributed by atoms with Crippen LogP contribution in [0.5, 0.6) is 11.5 Å². The molecule has 0 amide bonds. The molecule has 0 aromatic heterocycles. The van der Waals surface area contributed by atoms with Crippen LogP contribution in [0.1, 0.15) is 12.5 Å². The number of hydrogen-bond acceptors (Lipinski definition) is 3. The fourth-order valence-electron chi connectivity index (χ4n) is 1.46. The molecule has 0 fully saturated rings. The molecule has 1 atom stereocenters. The molecule has 0 saturated carbocycles. The second kappa shape index (κ2) is 3.66. The summed E-state index contributed by atoms with van der Waals surface area (Å²) in [7, 11) is 0. The van der Waals surface area contributed by atoms with Gasteiger partial charge in [0.2, 0.25) is 5.67 Å². The highest BCUT2D eigenvalue weighted by molar-refractivity contribution is 5.79. The molecule has 1 aliphatic heterocycles. The lowest BCUT2D eigenvalue weighted by atomic mass is 9.97. The number of alkyl halides is 1. The first kappa shape index (κ1) is 10.7. The number of carboxylic acid groups (broad SMARTS) is 1. The van der Waals surface area contributed by atoms with Gasteiger partial charge in [-0.2, -0.15) is 0 Å². The maximum absolute atomic E-state index is 13.8. The number of hydrogen-bond donors (Lipinski definition) is 1. The molecule has 0 bridgehead atoms. The van der Waals surface area contributed by atoms with E-state index in [1.54, 1.807) is 0 Å². The zero-order valence-electron chi connectivity index (χ0n) is 8.70. The molecule has 4 nitrogen and oxygen atoms in total. The highest BCUT2D eigenvalue weighted by Gasteiger charge is 2.36. The van der Waals surface area contributed by atoms with E-state index < -0.39 is 11.6 Å². The van der Waals surface area contributed by atoms with Gasteiger partial charge in [-0.3, -0.25) is 0 Å². The molecule has 2 rings (SSSR count). The Labute approximate surface area is 91.6 Å². The summed E-state index contributed by atoms with van der Waals surface area (Å²) < 4.78 is 24.3. The Bertz CT molecular complexity index is 428. The van der Waals surface area contributed by atoms with Crippen LogP contribution < -0.4 is 9.47 Å². The third-order valence-corrected chi connectivity index (χ3v) is 2.49. The molecule has 0 spiro atoms. The van der Waals surface area contributed by atoms with E-state index in [0.29, 0.717) is 24.7 Å². The van der Waals surface area contributed by atoms with Crippen molar-refractivity contribution in [3.8, 4) is 11.5 Å². The first-order valence-corrected chi connectivity index (χ1v) is 4.84. The Hall–Kier alpha value is -1.78. The Morgan fingerprint density at radius 3 is 2.62 bits per heavy atom. The average Bonchev–Trinajstić information content (AvgIpc) is 2.28. The largest absolute Gasteiger partial charge is 0.486 e. The number of fused-ring (bicyclic) bond motifs is 1. The zero-order chi connectivity index (χ0) is 11.8. The molecule has 1 N–H and O–H groups in total. The molecular formula is C11H11FO4. The molecular weight excluding hydrogens is 215 g/mol. The third-order valence-electron chi connectivity index (χ3n) is 2.49. The van der Waals surface area contributed by atoms with Gasteiger partial charge in [0.1, 0.15) is 13.2 Å². The first-order valence-electron chi connectivity index (χ1n) is 4.84. The van der Waals surface area contributed by atoms with E-state index >= 15 is 0 Å². The van der Waals surface area contributed by atoms with E-state index in [1.807, 2.05) is 0 Å². The highest BCUT2D eigenvalue weighted by atomic mass is 19.1. The molecule has 0 saturated heterocycles. The van der Waals surface area contributed by atoms with Crippen molar-refractivity contribution in [1.29, 1.82) is 0 Å². The Balaban J connectivity index is 2.40. The van der Waals surface area contributed by atoms with Crippen molar-refractivity contribution in [2.75, 3.05) is 13.2 Å².